The zero-order chi connectivity index (χ0) is 14.3. The molecule has 1 aliphatic heterocycles. The molecule has 2 amide bonds. The number of halogens is 1. The minimum absolute atomic E-state index is 0.0482. The van der Waals surface area contributed by atoms with Crippen molar-refractivity contribution in [3.63, 3.8) is 0 Å². The van der Waals surface area contributed by atoms with Gasteiger partial charge in [0.15, 0.2) is 0 Å². The summed E-state index contributed by atoms with van der Waals surface area (Å²) < 4.78 is 0. The van der Waals surface area contributed by atoms with E-state index in [0.717, 1.165) is 19.4 Å². The molecule has 0 spiro atoms. The molecule has 0 aromatic heterocycles. The Bertz CT molecular complexity index is 576. The molecule has 1 aromatic carbocycles. The summed E-state index contributed by atoms with van der Waals surface area (Å²) in [5.41, 5.74) is 0.296. The first-order valence-electron chi connectivity index (χ1n) is 6.65. The van der Waals surface area contributed by atoms with E-state index in [9.17, 15) is 9.59 Å². The number of carboxylic acids is 1. The van der Waals surface area contributed by atoms with Crippen LogP contribution in [0.4, 0.5) is 10.5 Å². The molecule has 2 N–H and O–H groups in total. The Labute approximate surface area is 121 Å². The van der Waals surface area contributed by atoms with Gasteiger partial charge >= 0.3 is 12.0 Å². The summed E-state index contributed by atoms with van der Waals surface area (Å²) in [6, 6.07) is 4.43. The largest absolute Gasteiger partial charge is 0.478 e. The molecule has 5 nitrogen and oxygen atoms in total. The van der Waals surface area contributed by atoms with Crippen LogP contribution in [0.3, 0.4) is 0 Å². The van der Waals surface area contributed by atoms with Gasteiger partial charge in [0.2, 0.25) is 0 Å². The second-order valence-electron chi connectivity index (χ2n) is 5.41. The van der Waals surface area contributed by atoms with Crippen molar-refractivity contribution in [2.75, 3.05) is 11.9 Å². The average molecular weight is 295 g/mol. The number of carbonyl (C=O) groups is 2. The summed E-state index contributed by atoms with van der Waals surface area (Å²) in [6.45, 7) is 0.763. The van der Waals surface area contributed by atoms with E-state index in [1.54, 1.807) is 4.90 Å². The normalized spacial score (nSPS) is 23.9. The summed E-state index contributed by atoms with van der Waals surface area (Å²) in [5, 5.41) is 12.2. The predicted octanol–water partition coefficient (Wildman–Crippen LogP) is 3.05. The number of carboxylic acid groups (broad SMARTS) is 1. The Morgan fingerprint density at radius 3 is 2.75 bits per heavy atom. The minimum Gasteiger partial charge on any atom is -0.478 e. The zero-order valence-electron chi connectivity index (χ0n) is 10.8. The predicted molar refractivity (Wildman–Crippen MR) is 75.3 cm³/mol. The molecule has 0 radical (unpaired) electrons. The molecular weight excluding hydrogens is 280 g/mol. The van der Waals surface area contributed by atoms with Crippen LogP contribution in [0.5, 0.6) is 0 Å². The molecule has 3 rings (SSSR count). The van der Waals surface area contributed by atoms with Gasteiger partial charge < -0.3 is 15.3 Å². The maximum absolute atomic E-state index is 12.3. The number of aromatic carboxylic acids is 1. The molecule has 2 fully saturated rings. The van der Waals surface area contributed by atoms with Gasteiger partial charge in [-0.1, -0.05) is 11.6 Å². The van der Waals surface area contributed by atoms with Crippen LogP contribution in [0.15, 0.2) is 18.2 Å². The van der Waals surface area contributed by atoms with Crippen LogP contribution in [0, 0.1) is 5.92 Å². The van der Waals surface area contributed by atoms with Crippen molar-refractivity contribution in [1.82, 2.24) is 4.90 Å². The number of hydrogen-bond donors (Lipinski definition) is 2. The Morgan fingerprint density at radius 2 is 2.15 bits per heavy atom. The van der Waals surface area contributed by atoms with Crippen LogP contribution >= 0.6 is 11.6 Å². The van der Waals surface area contributed by atoms with E-state index in [1.165, 1.54) is 24.6 Å². The zero-order valence-corrected chi connectivity index (χ0v) is 11.6. The molecule has 106 valence electrons. The lowest BCUT2D eigenvalue weighted by atomic mass is 10.1. The lowest BCUT2D eigenvalue weighted by Gasteiger charge is -2.27. The van der Waals surface area contributed by atoms with Gasteiger partial charge in [-0.25, -0.2) is 9.59 Å². The Morgan fingerprint density at radius 1 is 1.35 bits per heavy atom. The Kier molecular flexibility index (Phi) is 3.30. The van der Waals surface area contributed by atoms with Crippen molar-refractivity contribution in [3.8, 4) is 0 Å². The Balaban J connectivity index is 1.79. The molecule has 20 heavy (non-hydrogen) atoms. The fourth-order valence-electron chi connectivity index (χ4n) is 3.17. The number of nitrogens with zero attached hydrogens (tertiary/aromatic N) is 1. The smallest absolute Gasteiger partial charge is 0.337 e. The average Bonchev–Trinajstić information content (AvgIpc) is 3.00. The molecule has 1 saturated heterocycles. The molecule has 1 heterocycles. The number of nitrogens with one attached hydrogen (secondary N) is 1. The summed E-state index contributed by atoms with van der Waals surface area (Å²) >= 11 is 5.87. The fraction of sp³-hybridized carbons (Fsp3) is 0.429. The first-order chi connectivity index (χ1) is 9.54. The van der Waals surface area contributed by atoms with Crippen molar-refractivity contribution in [1.29, 1.82) is 0 Å². The van der Waals surface area contributed by atoms with Crippen LogP contribution in [0.25, 0.3) is 0 Å². The van der Waals surface area contributed by atoms with Crippen molar-refractivity contribution in [2.45, 2.75) is 25.3 Å². The summed E-state index contributed by atoms with van der Waals surface area (Å²) in [5.74, 6) is -0.482. The number of hydrogen-bond acceptors (Lipinski definition) is 2. The van der Waals surface area contributed by atoms with E-state index in [-0.39, 0.29) is 17.3 Å². The van der Waals surface area contributed by atoms with Gasteiger partial charge in [-0.3, -0.25) is 0 Å². The number of urea groups is 1. The maximum atomic E-state index is 12.3. The first kappa shape index (κ1) is 13.2. The lowest BCUT2D eigenvalue weighted by Crippen LogP contribution is -2.40. The minimum atomic E-state index is -1.08. The number of piperidine rings is 1. The second-order valence-corrected chi connectivity index (χ2v) is 5.85. The SMILES string of the molecule is O=C(O)c1ccc(Cl)cc1NC(=O)N1CC2CCC1C2. The van der Waals surface area contributed by atoms with Gasteiger partial charge in [0.25, 0.3) is 0 Å². The first-order valence-corrected chi connectivity index (χ1v) is 7.03. The van der Waals surface area contributed by atoms with Gasteiger partial charge in [-0.15, -0.1) is 0 Å². The standard InChI is InChI=1S/C14H15ClN2O3/c15-9-2-4-11(13(18)19)12(6-9)16-14(20)17-7-8-1-3-10(17)5-8/h2,4,6,8,10H,1,3,5,7H2,(H,16,20)(H,18,19). The highest BCUT2D eigenvalue weighted by molar-refractivity contribution is 6.31. The quantitative estimate of drug-likeness (QED) is 0.881. The number of fused-ring (bicyclic) bond motifs is 2. The number of anilines is 1. The highest BCUT2D eigenvalue weighted by Crippen LogP contribution is 2.37. The van der Waals surface area contributed by atoms with E-state index < -0.39 is 5.97 Å². The fourth-order valence-corrected chi connectivity index (χ4v) is 3.34. The molecule has 6 heteroatoms. The van der Waals surface area contributed by atoms with E-state index in [2.05, 4.69) is 5.32 Å². The lowest BCUT2D eigenvalue weighted by molar-refractivity contribution is 0.0698. The number of carbonyl (C=O) groups excluding carboxylic acids is 1. The van der Waals surface area contributed by atoms with Crippen LogP contribution in [0.1, 0.15) is 29.6 Å². The number of amides is 2. The molecule has 1 aliphatic carbocycles. The second kappa shape index (κ2) is 4.98. The molecule has 1 aromatic rings. The highest BCUT2D eigenvalue weighted by atomic mass is 35.5. The van der Waals surface area contributed by atoms with Crippen LogP contribution < -0.4 is 5.32 Å². The van der Waals surface area contributed by atoms with Crippen LogP contribution in [-0.2, 0) is 0 Å². The topological polar surface area (TPSA) is 69.6 Å². The van der Waals surface area contributed by atoms with E-state index in [4.69, 9.17) is 16.7 Å². The Hall–Kier alpha value is -1.75. The van der Waals surface area contributed by atoms with Gasteiger partial charge in [0.1, 0.15) is 0 Å². The van der Waals surface area contributed by atoms with Gasteiger partial charge in [0.05, 0.1) is 11.3 Å². The molecule has 1 saturated carbocycles. The third-order valence-electron chi connectivity index (χ3n) is 4.12. The van der Waals surface area contributed by atoms with Crippen molar-refractivity contribution < 1.29 is 14.7 Å². The summed E-state index contributed by atoms with van der Waals surface area (Å²) in [7, 11) is 0. The number of benzene rings is 1. The molecule has 2 bridgehead atoms. The van der Waals surface area contributed by atoms with Gasteiger partial charge in [-0.05, 0) is 43.4 Å². The molecule has 2 unspecified atom stereocenters. The van der Waals surface area contributed by atoms with E-state index in [1.807, 2.05) is 0 Å². The van der Waals surface area contributed by atoms with Crippen LogP contribution in [-0.4, -0.2) is 34.6 Å². The monoisotopic (exact) mass is 294 g/mol. The summed E-state index contributed by atoms with van der Waals surface area (Å²) in [4.78, 5) is 25.2. The number of likely N-dealkylation sites (tertiary alicyclic amines) is 1. The molecule has 2 aliphatic rings. The molecule has 2 atom stereocenters. The van der Waals surface area contributed by atoms with Crippen molar-refractivity contribution >= 4 is 29.3 Å². The van der Waals surface area contributed by atoms with Crippen LogP contribution in [0.2, 0.25) is 5.02 Å². The maximum Gasteiger partial charge on any atom is 0.337 e. The van der Waals surface area contributed by atoms with Gasteiger partial charge in [-0.2, -0.15) is 0 Å². The van der Waals surface area contributed by atoms with Crippen molar-refractivity contribution in [3.05, 3.63) is 28.8 Å². The van der Waals surface area contributed by atoms with Gasteiger partial charge in [0, 0.05) is 17.6 Å². The van der Waals surface area contributed by atoms with Crippen molar-refractivity contribution in [2.24, 2.45) is 5.92 Å². The highest BCUT2D eigenvalue weighted by Gasteiger charge is 2.40. The number of rotatable bonds is 2. The molecular formula is C14H15ClN2O3. The van der Waals surface area contributed by atoms with E-state index >= 15 is 0 Å². The third-order valence-corrected chi connectivity index (χ3v) is 4.36. The summed E-state index contributed by atoms with van der Waals surface area (Å²) in [6.07, 6.45) is 3.29. The third kappa shape index (κ3) is 2.33. The van der Waals surface area contributed by atoms with E-state index in [0.29, 0.717) is 17.0 Å².